The Morgan fingerprint density at radius 3 is 2.17 bits per heavy atom. The fraction of sp³-hybridized carbons (Fsp3) is 0. The van der Waals surface area contributed by atoms with E-state index in [9.17, 15) is 30.0 Å². The number of allylic oxidation sites excluding steroid dienone is 4. The molecule has 0 atom stereocenters. The van der Waals surface area contributed by atoms with Crippen molar-refractivity contribution in [3.63, 3.8) is 0 Å². The summed E-state index contributed by atoms with van der Waals surface area (Å²) < 4.78 is 0. The Balaban J connectivity index is 1.77. The number of aromatic hydroxyl groups is 3. The Hall–Kier alpha value is -4.32. The number of hydrogen-bond donors (Lipinski definition) is 4. The monoisotopic (exact) mass is 398 g/mol. The van der Waals surface area contributed by atoms with Crippen LogP contribution < -0.4 is 0 Å². The van der Waals surface area contributed by atoms with Gasteiger partial charge in [0.25, 0.3) is 0 Å². The number of carbonyl (C=O) groups excluding carboxylic acids is 2. The van der Waals surface area contributed by atoms with Gasteiger partial charge in [0.05, 0.1) is 11.1 Å². The summed E-state index contributed by atoms with van der Waals surface area (Å²) in [4.78, 5) is 25.7. The number of hydrogen-bond acceptors (Lipinski definition) is 6. The van der Waals surface area contributed by atoms with Crippen LogP contribution in [0.25, 0.3) is 28.0 Å². The maximum atomic E-state index is 13.1. The van der Waals surface area contributed by atoms with Gasteiger partial charge in [0.1, 0.15) is 23.0 Å². The highest BCUT2D eigenvalue weighted by Gasteiger charge is 2.41. The molecule has 0 heterocycles. The highest BCUT2D eigenvalue weighted by molar-refractivity contribution is 6.48. The van der Waals surface area contributed by atoms with E-state index in [-0.39, 0.29) is 45.3 Å². The Morgan fingerprint density at radius 2 is 1.40 bits per heavy atom. The second kappa shape index (κ2) is 6.09. The van der Waals surface area contributed by atoms with Crippen LogP contribution in [0.4, 0.5) is 0 Å². The van der Waals surface area contributed by atoms with Crippen LogP contribution in [-0.4, -0.2) is 32.0 Å². The maximum absolute atomic E-state index is 13.1. The van der Waals surface area contributed by atoms with Crippen LogP contribution in [0.5, 0.6) is 17.2 Å². The summed E-state index contributed by atoms with van der Waals surface area (Å²) in [5.41, 5.74) is 0.964. The minimum absolute atomic E-state index is 0.0152. The van der Waals surface area contributed by atoms with Crippen LogP contribution in [0.1, 0.15) is 16.7 Å². The standard InChI is InChI=1S/C24H14O6/c25-13-3-5-15-11(9-13)1-7-17(27)19(15)21-23(29)22(24(21)30)20-16-6-4-14(26)10-12(16)2-8-18(20)28/h1-10,25-27,29H/b22-20+. The van der Waals surface area contributed by atoms with Crippen molar-refractivity contribution in [2.75, 3.05) is 0 Å². The molecule has 0 unspecified atom stereocenters. The fourth-order valence-electron chi connectivity index (χ4n) is 3.99. The zero-order valence-electron chi connectivity index (χ0n) is 15.4. The minimum Gasteiger partial charge on any atom is -0.508 e. The lowest BCUT2D eigenvalue weighted by Gasteiger charge is -2.27. The first-order valence-corrected chi connectivity index (χ1v) is 9.10. The molecule has 5 rings (SSSR count). The van der Waals surface area contributed by atoms with E-state index in [0.29, 0.717) is 21.9 Å². The summed E-state index contributed by atoms with van der Waals surface area (Å²) in [6, 6.07) is 11.8. The zero-order chi connectivity index (χ0) is 21.2. The number of ketones is 2. The lowest BCUT2D eigenvalue weighted by molar-refractivity contribution is -0.113. The molecule has 0 radical (unpaired) electrons. The Kier molecular flexibility index (Phi) is 3.60. The smallest absolute Gasteiger partial charge is 0.202 e. The summed E-state index contributed by atoms with van der Waals surface area (Å²) in [5, 5.41) is 41.6. The fourth-order valence-corrected chi connectivity index (χ4v) is 3.99. The number of carbonyl (C=O) groups is 2. The van der Waals surface area contributed by atoms with E-state index >= 15 is 0 Å². The van der Waals surface area contributed by atoms with E-state index in [0.717, 1.165) is 0 Å². The number of phenols is 3. The van der Waals surface area contributed by atoms with E-state index in [1.165, 1.54) is 48.6 Å². The van der Waals surface area contributed by atoms with Crippen LogP contribution in [0.2, 0.25) is 0 Å². The van der Waals surface area contributed by atoms with Crippen LogP contribution in [0.15, 0.2) is 65.9 Å². The molecular formula is C24H14O6. The van der Waals surface area contributed by atoms with E-state index in [1.807, 2.05) is 0 Å². The van der Waals surface area contributed by atoms with Crippen LogP contribution >= 0.6 is 0 Å². The van der Waals surface area contributed by atoms with Gasteiger partial charge >= 0.3 is 0 Å². The molecule has 3 aromatic rings. The third-order valence-electron chi connectivity index (χ3n) is 5.37. The normalized spacial score (nSPS) is 18.0. The highest BCUT2D eigenvalue weighted by atomic mass is 16.3. The van der Waals surface area contributed by atoms with Crippen molar-refractivity contribution in [2.24, 2.45) is 0 Å². The summed E-state index contributed by atoms with van der Waals surface area (Å²) >= 11 is 0. The third-order valence-corrected chi connectivity index (χ3v) is 5.37. The van der Waals surface area contributed by atoms with Gasteiger partial charge in [-0.3, -0.25) is 9.59 Å². The molecule has 0 bridgehead atoms. The molecule has 0 aromatic heterocycles. The predicted molar refractivity (Wildman–Crippen MR) is 111 cm³/mol. The van der Waals surface area contributed by atoms with E-state index in [4.69, 9.17) is 0 Å². The van der Waals surface area contributed by atoms with Gasteiger partial charge in [0, 0.05) is 11.1 Å². The van der Waals surface area contributed by atoms with Crippen LogP contribution in [0, 0.1) is 0 Å². The molecule has 0 spiro atoms. The van der Waals surface area contributed by atoms with Gasteiger partial charge in [-0.05, 0) is 70.4 Å². The van der Waals surface area contributed by atoms with Crippen molar-refractivity contribution >= 4 is 39.6 Å². The summed E-state index contributed by atoms with van der Waals surface area (Å²) in [7, 11) is 0. The largest absolute Gasteiger partial charge is 0.508 e. The molecule has 2 aliphatic rings. The number of aliphatic hydroxyl groups excluding tert-OH is 1. The predicted octanol–water partition coefficient (Wildman–Crippen LogP) is 3.86. The second-order valence-electron chi connectivity index (χ2n) is 7.14. The first kappa shape index (κ1) is 17.8. The second-order valence-corrected chi connectivity index (χ2v) is 7.14. The van der Waals surface area contributed by atoms with Gasteiger partial charge < -0.3 is 20.4 Å². The molecule has 0 saturated carbocycles. The molecule has 146 valence electrons. The molecule has 3 aromatic carbocycles. The van der Waals surface area contributed by atoms with Crippen molar-refractivity contribution in [1.29, 1.82) is 0 Å². The zero-order valence-corrected chi connectivity index (χ0v) is 15.4. The molecule has 0 saturated heterocycles. The van der Waals surface area contributed by atoms with Gasteiger partial charge in [0.15, 0.2) is 5.78 Å². The Labute approximate surface area is 170 Å². The molecule has 0 fully saturated rings. The van der Waals surface area contributed by atoms with E-state index < -0.39 is 11.6 Å². The number of Topliss-reactive ketones (excluding diaryl/α,β-unsaturated/α-hetero) is 1. The van der Waals surface area contributed by atoms with Crippen LogP contribution in [0.3, 0.4) is 0 Å². The topological polar surface area (TPSA) is 115 Å². The molecule has 0 aliphatic heterocycles. The molecular weight excluding hydrogens is 384 g/mol. The molecule has 6 nitrogen and oxygen atoms in total. The van der Waals surface area contributed by atoms with Crippen molar-refractivity contribution in [1.82, 2.24) is 0 Å². The van der Waals surface area contributed by atoms with Gasteiger partial charge in [0.2, 0.25) is 5.78 Å². The Bertz CT molecular complexity index is 1400. The number of fused-ring (bicyclic) bond motifs is 2. The van der Waals surface area contributed by atoms with Crippen molar-refractivity contribution < 1.29 is 30.0 Å². The third kappa shape index (κ3) is 2.37. The average Bonchev–Trinajstić information content (AvgIpc) is 2.72. The van der Waals surface area contributed by atoms with Crippen molar-refractivity contribution in [3.05, 3.63) is 82.6 Å². The first-order valence-electron chi connectivity index (χ1n) is 9.10. The summed E-state index contributed by atoms with van der Waals surface area (Å²) in [6.45, 7) is 0. The SMILES string of the molecule is O=C1C(c2c(O)ccc3cc(O)ccc23)=C(O)/C1=C1\C(=O)C=Cc2cc(O)ccc21. The van der Waals surface area contributed by atoms with Crippen molar-refractivity contribution in [3.8, 4) is 17.2 Å². The lowest BCUT2D eigenvalue weighted by Crippen LogP contribution is -2.25. The van der Waals surface area contributed by atoms with Crippen molar-refractivity contribution in [2.45, 2.75) is 0 Å². The minimum atomic E-state index is -0.568. The number of rotatable bonds is 1. The molecule has 0 amide bonds. The van der Waals surface area contributed by atoms with Gasteiger partial charge in [-0.1, -0.05) is 12.1 Å². The maximum Gasteiger partial charge on any atom is 0.202 e. The van der Waals surface area contributed by atoms with Gasteiger partial charge in [-0.2, -0.15) is 0 Å². The van der Waals surface area contributed by atoms with Gasteiger partial charge in [-0.15, -0.1) is 0 Å². The Morgan fingerprint density at radius 1 is 0.667 bits per heavy atom. The number of benzene rings is 3. The lowest BCUT2D eigenvalue weighted by atomic mass is 9.75. The number of aliphatic hydroxyl groups is 1. The molecule has 2 aliphatic carbocycles. The first-order chi connectivity index (χ1) is 14.4. The number of phenolic OH excluding ortho intramolecular Hbond substituents is 3. The van der Waals surface area contributed by atoms with E-state index in [1.54, 1.807) is 12.1 Å². The van der Waals surface area contributed by atoms with E-state index in [2.05, 4.69) is 0 Å². The average molecular weight is 398 g/mol. The van der Waals surface area contributed by atoms with Crippen LogP contribution in [-0.2, 0) is 9.59 Å². The molecule has 6 heteroatoms. The van der Waals surface area contributed by atoms with Gasteiger partial charge in [-0.25, -0.2) is 0 Å². The summed E-state index contributed by atoms with van der Waals surface area (Å²) in [6.07, 6.45) is 2.82. The highest BCUT2D eigenvalue weighted by Crippen LogP contribution is 2.47. The molecule has 4 N–H and O–H groups in total. The summed E-state index contributed by atoms with van der Waals surface area (Å²) in [5.74, 6) is -1.54. The molecule has 30 heavy (non-hydrogen) atoms. The quantitative estimate of drug-likeness (QED) is 0.463.